The number of nitrogens with two attached hydrogens (primary N) is 1. The summed E-state index contributed by atoms with van der Waals surface area (Å²) >= 11 is 3.91. The maximum atomic E-state index is 13.3. The number of hydrogen-bond donors (Lipinski definition) is 1. The third-order valence-corrected chi connectivity index (χ3v) is 6.82. The van der Waals surface area contributed by atoms with E-state index in [4.69, 9.17) is 5.73 Å². The number of thiazole rings is 1. The van der Waals surface area contributed by atoms with Crippen LogP contribution in [-0.2, 0) is 11.3 Å². The van der Waals surface area contributed by atoms with Crippen LogP contribution in [0.15, 0.2) is 64.3 Å². The van der Waals surface area contributed by atoms with E-state index >= 15 is 0 Å². The second-order valence-electron chi connectivity index (χ2n) is 6.18. The van der Waals surface area contributed by atoms with Crippen LogP contribution >= 0.6 is 34.4 Å². The molecule has 0 bridgehead atoms. The van der Waals surface area contributed by atoms with E-state index in [0.717, 1.165) is 16.8 Å². The smallest absolute Gasteiger partial charge is 0.239 e. The Labute approximate surface area is 184 Å². The molecule has 0 unspecified atom stereocenters. The Bertz CT molecular complexity index is 1130. The van der Waals surface area contributed by atoms with E-state index < -0.39 is 0 Å². The lowest BCUT2D eigenvalue weighted by Gasteiger charge is -2.19. The van der Waals surface area contributed by atoms with Crippen LogP contribution in [0.4, 0.5) is 14.7 Å². The van der Waals surface area contributed by atoms with Gasteiger partial charge in [0.15, 0.2) is 9.47 Å². The quantitative estimate of drug-likeness (QED) is 0.405. The first-order chi connectivity index (χ1) is 14.6. The van der Waals surface area contributed by atoms with Crippen molar-refractivity contribution in [2.45, 2.75) is 10.9 Å². The van der Waals surface area contributed by atoms with Gasteiger partial charge in [-0.3, -0.25) is 9.69 Å². The summed E-state index contributed by atoms with van der Waals surface area (Å²) in [5.41, 5.74) is 8.20. The zero-order valence-corrected chi connectivity index (χ0v) is 18.0. The Hall–Kier alpha value is -2.82. The summed E-state index contributed by atoms with van der Waals surface area (Å²) in [5.74, 6) is -0.287. The standard InChI is InChI=1S/C20H16FN5OS3/c21-15-8-6-13(7-9-15)10-26(17(27)12-29-20-25-24-18(22)30-20)19-23-16(11-28-19)14-4-2-1-3-5-14/h1-9,11H,10,12H2,(H2,22,24). The number of rotatable bonds is 7. The monoisotopic (exact) mass is 457 g/mol. The van der Waals surface area contributed by atoms with Gasteiger partial charge in [-0.1, -0.05) is 65.6 Å². The fourth-order valence-electron chi connectivity index (χ4n) is 2.64. The highest BCUT2D eigenvalue weighted by molar-refractivity contribution is 8.01. The summed E-state index contributed by atoms with van der Waals surface area (Å²) in [6, 6.07) is 15.9. The Kier molecular flexibility index (Phi) is 6.36. The van der Waals surface area contributed by atoms with Gasteiger partial charge in [-0.25, -0.2) is 9.37 Å². The van der Waals surface area contributed by atoms with Crippen LogP contribution in [0.3, 0.4) is 0 Å². The van der Waals surface area contributed by atoms with Crippen LogP contribution in [0.2, 0.25) is 0 Å². The van der Waals surface area contributed by atoms with Crippen molar-refractivity contribution in [3.05, 3.63) is 71.4 Å². The lowest BCUT2D eigenvalue weighted by Crippen LogP contribution is -2.31. The predicted molar refractivity (Wildman–Crippen MR) is 120 cm³/mol. The molecule has 0 aliphatic heterocycles. The summed E-state index contributed by atoms with van der Waals surface area (Å²) in [5, 5.41) is 10.6. The molecule has 0 atom stereocenters. The van der Waals surface area contributed by atoms with Crippen molar-refractivity contribution in [1.29, 1.82) is 0 Å². The molecule has 0 saturated carbocycles. The van der Waals surface area contributed by atoms with Gasteiger partial charge in [-0.2, -0.15) is 0 Å². The second kappa shape index (κ2) is 9.33. The molecule has 0 radical (unpaired) electrons. The topological polar surface area (TPSA) is 85.0 Å². The van der Waals surface area contributed by atoms with Crippen molar-refractivity contribution in [2.75, 3.05) is 16.4 Å². The number of nitrogens with zero attached hydrogens (tertiary/aromatic N) is 4. The van der Waals surface area contributed by atoms with E-state index in [1.807, 2.05) is 35.7 Å². The summed E-state index contributed by atoms with van der Waals surface area (Å²) in [4.78, 5) is 19.3. The maximum absolute atomic E-state index is 13.3. The number of carbonyl (C=O) groups excluding carboxylic acids is 1. The van der Waals surface area contributed by atoms with Gasteiger partial charge in [0, 0.05) is 10.9 Å². The molecular weight excluding hydrogens is 441 g/mol. The predicted octanol–water partition coefficient (Wildman–Crippen LogP) is 4.71. The van der Waals surface area contributed by atoms with E-state index in [1.165, 1.54) is 46.6 Å². The number of hydrogen-bond acceptors (Lipinski definition) is 8. The van der Waals surface area contributed by atoms with E-state index in [-0.39, 0.29) is 17.5 Å². The number of halogens is 1. The van der Waals surface area contributed by atoms with Crippen molar-refractivity contribution in [1.82, 2.24) is 15.2 Å². The molecule has 6 nitrogen and oxygen atoms in total. The molecule has 1 amide bonds. The molecule has 4 aromatic rings. The molecular formula is C20H16FN5OS3. The molecule has 2 heterocycles. The Morgan fingerprint density at radius 3 is 2.57 bits per heavy atom. The normalized spacial score (nSPS) is 10.8. The highest BCUT2D eigenvalue weighted by Crippen LogP contribution is 2.30. The van der Waals surface area contributed by atoms with Gasteiger partial charge >= 0.3 is 0 Å². The molecule has 0 spiro atoms. The molecule has 0 aliphatic carbocycles. The molecule has 0 aliphatic rings. The zero-order chi connectivity index (χ0) is 20.9. The molecule has 152 valence electrons. The number of amides is 1. The summed E-state index contributed by atoms with van der Waals surface area (Å²) in [7, 11) is 0. The first-order valence-electron chi connectivity index (χ1n) is 8.86. The largest absolute Gasteiger partial charge is 0.374 e. The highest BCUT2D eigenvalue weighted by Gasteiger charge is 2.21. The van der Waals surface area contributed by atoms with Crippen LogP contribution in [0.5, 0.6) is 0 Å². The van der Waals surface area contributed by atoms with E-state index in [2.05, 4.69) is 15.2 Å². The van der Waals surface area contributed by atoms with Crippen LogP contribution in [0.25, 0.3) is 11.3 Å². The Morgan fingerprint density at radius 1 is 1.10 bits per heavy atom. The lowest BCUT2D eigenvalue weighted by atomic mass is 10.2. The van der Waals surface area contributed by atoms with Gasteiger partial charge < -0.3 is 5.73 Å². The number of anilines is 2. The third-order valence-electron chi connectivity index (χ3n) is 4.09. The molecule has 2 aromatic heterocycles. The summed E-state index contributed by atoms with van der Waals surface area (Å²) < 4.78 is 13.9. The van der Waals surface area contributed by atoms with Crippen molar-refractivity contribution in [2.24, 2.45) is 0 Å². The summed E-state index contributed by atoms with van der Waals surface area (Å²) in [6.45, 7) is 0.291. The van der Waals surface area contributed by atoms with Crippen molar-refractivity contribution < 1.29 is 9.18 Å². The van der Waals surface area contributed by atoms with E-state index in [9.17, 15) is 9.18 Å². The lowest BCUT2D eigenvalue weighted by molar-refractivity contribution is -0.116. The van der Waals surface area contributed by atoms with Gasteiger partial charge in [0.25, 0.3) is 0 Å². The first-order valence-corrected chi connectivity index (χ1v) is 11.5. The fraction of sp³-hybridized carbons (Fsp3) is 0.100. The van der Waals surface area contributed by atoms with Gasteiger partial charge in [0.2, 0.25) is 11.0 Å². The number of thioether (sulfide) groups is 1. The minimum atomic E-state index is -0.318. The number of nitrogen functional groups attached to an aromatic ring is 1. The zero-order valence-electron chi connectivity index (χ0n) is 15.6. The van der Waals surface area contributed by atoms with Crippen molar-refractivity contribution >= 4 is 50.6 Å². The number of benzene rings is 2. The van der Waals surface area contributed by atoms with Gasteiger partial charge in [0.1, 0.15) is 5.82 Å². The minimum Gasteiger partial charge on any atom is -0.374 e. The molecule has 0 fully saturated rings. The van der Waals surface area contributed by atoms with Gasteiger partial charge in [-0.05, 0) is 17.7 Å². The molecule has 2 aromatic carbocycles. The van der Waals surface area contributed by atoms with Gasteiger partial charge in [-0.15, -0.1) is 21.5 Å². The van der Waals surface area contributed by atoms with Crippen molar-refractivity contribution in [3.63, 3.8) is 0 Å². The second-order valence-corrected chi connectivity index (χ2v) is 9.25. The Morgan fingerprint density at radius 2 is 1.87 bits per heavy atom. The van der Waals surface area contributed by atoms with E-state index in [1.54, 1.807) is 17.0 Å². The number of aromatic nitrogens is 3. The number of carbonyl (C=O) groups is 1. The van der Waals surface area contributed by atoms with Crippen LogP contribution in [-0.4, -0.2) is 26.8 Å². The van der Waals surface area contributed by atoms with Gasteiger partial charge in [0.05, 0.1) is 18.0 Å². The average Bonchev–Trinajstić information content (AvgIpc) is 3.41. The van der Waals surface area contributed by atoms with E-state index in [0.29, 0.717) is 21.1 Å². The molecule has 4 rings (SSSR count). The first kappa shape index (κ1) is 20.5. The highest BCUT2D eigenvalue weighted by atomic mass is 32.2. The Balaban J connectivity index is 1.57. The summed E-state index contributed by atoms with van der Waals surface area (Å²) in [6.07, 6.45) is 0. The maximum Gasteiger partial charge on any atom is 0.239 e. The molecule has 0 saturated heterocycles. The van der Waals surface area contributed by atoms with Crippen LogP contribution in [0.1, 0.15) is 5.56 Å². The molecule has 2 N–H and O–H groups in total. The average molecular weight is 458 g/mol. The SMILES string of the molecule is Nc1nnc(SCC(=O)N(Cc2ccc(F)cc2)c2nc(-c3ccccc3)cs2)s1. The molecule has 30 heavy (non-hydrogen) atoms. The van der Waals surface area contributed by atoms with Crippen LogP contribution in [0, 0.1) is 5.82 Å². The molecule has 10 heteroatoms. The third kappa shape index (κ3) is 5.02. The van der Waals surface area contributed by atoms with Crippen molar-refractivity contribution in [3.8, 4) is 11.3 Å². The van der Waals surface area contributed by atoms with Crippen LogP contribution < -0.4 is 10.6 Å². The fourth-order valence-corrected chi connectivity index (χ4v) is 5.01. The minimum absolute atomic E-state index is 0.132.